The third-order valence-corrected chi connectivity index (χ3v) is 6.43. The van der Waals surface area contributed by atoms with Crippen LogP contribution in [0.15, 0.2) is 78.9 Å². The van der Waals surface area contributed by atoms with Gasteiger partial charge in [-0.2, -0.15) is 0 Å². The molecule has 0 aromatic heterocycles. The summed E-state index contributed by atoms with van der Waals surface area (Å²) in [6.07, 6.45) is 3.47. The number of carbonyl (C=O) groups excluding carboxylic acids is 2. The Balaban J connectivity index is 1.41. The predicted molar refractivity (Wildman–Crippen MR) is 144 cm³/mol. The molecular weight excluding hydrogens is 458 g/mol. The van der Waals surface area contributed by atoms with Crippen LogP contribution in [0, 0.1) is 0 Å². The van der Waals surface area contributed by atoms with Gasteiger partial charge in [0.1, 0.15) is 0 Å². The summed E-state index contributed by atoms with van der Waals surface area (Å²) in [6.45, 7) is 6.78. The lowest BCUT2D eigenvalue weighted by atomic mass is 10.0. The molecule has 0 radical (unpaired) electrons. The smallest absolute Gasteiger partial charge is 0.255 e. The van der Waals surface area contributed by atoms with Gasteiger partial charge in [0.25, 0.3) is 5.91 Å². The highest BCUT2D eigenvalue weighted by molar-refractivity contribution is 6.31. The second kappa shape index (κ2) is 11.2. The van der Waals surface area contributed by atoms with Gasteiger partial charge in [0.15, 0.2) is 0 Å². The first kappa shape index (κ1) is 24.6. The highest BCUT2D eigenvalue weighted by Crippen LogP contribution is 2.30. The molecule has 1 aliphatic rings. The Morgan fingerprint density at radius 3 is 2.26 bits per heavy atom. The first-order valence-electron chi connectivity index (χ1n) is 11.9. The summed E-state index contributed by atoms with van der Waals surface area (Å²) in [4.78, 5) is 29.6. The fourth-order valence-corrected chi connectivity index (χ4v) is 4.27. The lowest BCUT2D eigenvalue weighted by Crippen LogP contribution is -2.48. The van der Waals surface area contributed by atoms with Crippen LogP contribution in [0.25, 0.3) is 6.08 Å². The van der Waals surface area contributed by atoms with Crippen LogP contribution in [-0.2, 0) is 4.79 Å². The normalized spacial score (nSPS) is 13.9. The second-order valence-electron chi connectivity index (χ2n) is 8.95. The van der Waals surface area contributed by atoms with Crippen molar-refractivity contribution in [3.05, 3.63) is 101 Å². The number of rotatable bonds is 6. The van der Waals surface area contributed by atoms with Crippen molar-refractivity contribution in [2.24, 2.45) is 0 Å². The zero-order chi connectivity index (χ0) is 24.8. The predicted octanol–water partition coefficient (Wildman–Crippen LogP) is 6.08. The third kappa shape index (κ3) is 6.31. The standard InChI is InChI=1S/C29H30ClN3O2/c1-21(2)23-9-11-24(12-10-23)29(35)31-26-20-25(30)13-14-27(26)32-16-18-33(19-17-32)28(34)15-8-22-6-4-3-5-7-22/h3-15,20-21H,16-19H2,1-2H3,(H,31,35)/b15-8+. The molecular formula is C29H30ClN3O2. The van der Waals surface area contributed by atoms with Crippen LogP contribution in [0.5, 0.6) is 0 Å². The monoisotopic (exact) mass is 487 g/mol. The van der Waals surface area contributed by atoms with Gasteiger partial charge in [0.2, 0.25) is 5.91 Å². The summed E-state index contributed by atoms with van der Waals surface area (Å²) >= 11 is 6.26. The van der Waals surface area contributed by atoms with E-state index in [1.165, 1.54) is 5.56 Å². The van der Waals surface area contributed by atoms with E-state index >= 15 is 0 Å². The molecule has 1 fully saturated rings. The number of anilines is 2. The van der Waals surface area contributed by atoms with Gasteiger partial charge in [-0.3, -0.25) is 9.59 Å². The minimum atomic E-state index is -0.177. The first-order valence-corrected chi connectivity index (χ1v) is 12.3. The molecule has 0 saturated carbocycles. The fraction of sp³-hybridized carbons (Fsp3) is 0.241. The van der Waals surface area contributed by atoms with E-state index in [1.807, 2.05) is 77.7 Å². The van der Waals surface area contributed by atoms with Crippen LogP contribution in [0.3, 0.4) is 0 Å². The molecule has 3 aromatic rings. The summed E-state index contributed by atoms with van der Waals surface area (Å²) in [6, 6.07) is 23.0. The molecule has 0 unspecified atom stereocenters. The maximum absolute atomic E-state index is 12.9. The lowest BCUT2D eigenvalue weighted by Gasteiger charge is -2.36. The van der Waals surface area contributed by atoms with E-state index in [2.05, 4.69) is 24.1 Å². The molecule has 0 bridgehead atoms. The number of amides is 2. The summed E-state index contributed by atoms with van der Waals surface area (Å²) in [5, 5.41) is 3.58. The van der Waals surface area contributed by atoms with Gasteiger partial charge in [-0.25, -0.2) is 0 Å². The highest BCUT2D eigenvalue weighted by atomic mass is 35.5. The van der Waals surface area contributed by atoms with Crippen LogP contribution in [0.1, 0.15) is 41.3 Å². The van der Waals surface area contributed by atoms with Gasteiger partial charge < -0.3 is 15.1 Å². The van der Waals surface area contributed by atoms with E-state index in [0.717, 1.165) is 11.3 Å². The van der Waals surface area contributed by atoms with Gasteiger partial charge in [-0.15, -0.1) is 0 Å². The lowest BCUT2D eigenvalue weighted by molar-refractivity contribution is -0.126. The van der Waals surface area contributed by atoms with Crippen LogP contribution in [0.4, 0.5) is 11.4 Å². The molecule has 4 rings (SSSR count). The van der Waals surface area contributed by atoms with Crippen molar-refractivity contribution in [1.82, 2.24) is 4.90 Å². The average Bonchev–Trinajstić information content (AvgIpc) is 2.88. The second-order valence-corrected chi connectivity index (χ2v) is 9.39. The molecule has 6 heteroatoms. The van der Waals surface area contributed by atoms with Crippen LogP contribution >= 0.6 is 11.6 Å². The van der Waals surface area contributed by atoms with Crippen molar-refractivity contribution in [3.63, 3.8) is 0 Å². The molecule has 1 saturated heterocycles. The van der Waals surface area contributed by atoms with Crippen molar-refractivity contribution in [3.8, 4) is 0 Å². The number of hydrogen-bond acceptors (Lipinski definition) is 3. The summed E-state index contributed by atoms with van der Waals surface area (Å²) < 4.78 is 0. The van der Waals surface area contributed by atoms with Crippen LogP contribution in [-0.4, -0.2) is 42.9 Å². The third-order valence-electron chi connectivity index (χ3n) is 6.20. The van der Waals surface area contributed by atoms with E-state index in [0.29, 0.717) is 48.4 Å². The molecule has 1 aliphatic heterocycles. The zero-order valence-electron chi connectivity index (χ0n) is 20.1. The Morgan fingerprint density at radius 1 is 0.914 bits per heavy atom. The first-order chi connectivity index (χ1) is 16.9. The van der Waals surface area contributed by atoms with Crippen molar-refractivity contribution in [2.75, 3.05) is 36.4 Å². The fourth-order valence-electron chi connectivity index (χ4n) is 4.10. The Kier molecular flexibility index (Phi) is 7.88. The highest BCUT2D eigenvalue weighted by Gasteiger charge is 2.22. The van der Waals surface area contributed by atoms with Gasteiger partial charge >= 0.3 is 0 Å². The average molecular weight is 488 g/mol. The topological polar surface area (TPSA) is 52.7 Å². The summed E-state index contributed by atoms with van der Waals surface area (Å²) in [5.41, 5.74) is 4.35. The molecule has 5 nitrogen and oxygen atoms in total. The van der Waals surface area contributed by atoms with Crippen LogP contribution < -0.4 is 10.2 Å². The Bertz CT molecular complexity index is 1200. The molecule has 0 aliphatic carbocycles. The van der Waals surface area contributed by atoms with Gasteiger partial charge in [-0.05, 0) is 53.5 Å². The van der Waals surface area contributed by atoms with E-state index < -0.39 is 0 Å². The van der Waals surface area contributed by atoms with Crippen molar-refractivity contribution in [2.45, 2.75) is 19.8 Å². The molecule has 1 heterocycles. The minimum absolute atomic E-state index is 0.00276. The SMILES string of the molecule is CC(C)c1ccc(C(=O)Nc2cc(Cl)ccc2N2CCN(C(=O)/C=C/c3ccccc3)CC2)cc1. The van der Waals surface area contributed by atoms with Crippen LogP contribution in [0.2, 0.25) is 5.02 Å². The van der Waals surface area contributed by atoms with E-state index in [1.54, 1.807) is 12.1 Å². The Labute approximate surface area is 212 Å². The van der Waals surface area contributed by atoms with Crippen molar-refractivity contribution in [1.29, 1.82) is 0 Å². The Hall–Kier alpha value is -3.57. The number of nitrogens with zero attached hydrogens (tertiary/aromatic N) is 2. The van der Waals surface area contributed by atoms with E-state index in [-0.39, 0.29) is 11.8 Å². The molecule has 3 aromatic carbocycles. The molecule has 0 atom stereocenters. The largest absolute Gasteiger partial charge is 0.366 e. The Morgan fingerprint density at radius 2 is 1.60 bits per heavy atom. The maximum atomic E-state index is 12.9. The molecule has 0 spiro atoms. The van der Waals surface area contributed by atoms with E-state index in [9.17, 15) is 9.59 Å². The minimum Gasteiger partial charge on any atom is -0.366 e. The molecule has 1 N–H and O–H groups in total. The number of benzene rings is 3. The molecule has 180 valence electrons. The van der Waals surface area contributed by atoms with Gasteiger partial charge in [0, 0.05) is 42.8 Å². The van der Waals surface area contributed by atoms with Gasteiger partial charge in [0.05, 0.1) is 11.4 Å². The zero-order valence-corrected chi connectivity index (χ0v) is 20.8. The van der Waals surface area contributed by atoms with E-state index in [4.69, 9.17) is 11.6 Å². The molecule has 2 amide bonds. The quantitative estimate of drug-likeness (QED) is 0.429. The van der Waals surface area contributed by atoms with Crippen molar-refractivity contribution >= 4 is 40.9 Å². The maximum Gasteiger partial charge on any atom is 0.255 e. The van der Waals surface area contributed by atoms with Gasteiger partial charge in [-0.1, -0.05) is 67.9 Å². The number of piperazine rings is 1. The number of halogens is 1. The number of carbonyl (C=O) groups is 2. The summed E-state index contributed by atoms with van der Waals surface area (Å²) in [7, 11) is 0. The van der Waals surface area contributed by atoms with Crippen molar-refractivity contribution < 1.29 is 9.59 Å². The number of nitrogens with one attached hydrogen (secondary N) is 1. The summed E-state index contributed by atoms with van der Waals surface area (Å²) in [5.74, 6) is 0.234. The molecule has 35 heavy (non-hydrogen) atoms. The number of hydrogen-bond donors (Lipinski definition) is 1.